The van der Waals surface area contributed by atoms with E-state index in [-0.39, 0.29) is 18.4 Å². The average Bonchev–Trinajstić information content (AvgIpc) is 2.17. The third-order valence-corrected chi connectivity index (χ3v) is 2.44. The van der Waals surface area contributed by atoms with Crippen molar-refractivity contribution in [3.63, 3.8) is 0 Å². The van der Waals surface area contributed by atoms with Gasteiger partial charge in [0.2, 0.25) is 0 Å². The van der Waals surface area contributed by atoms with Crippen LogP contribution in [0, 0.1) is 5.92 Å². The minimum absolute atomic E-state index is 0. The van der Waals surface area contributed by atoms with Crippen molar-refractivity contribution in [3.8, 4) is 0 Å². The number of hydrogen-bond donors (Lipinski definition) is 1. The number of hydrogen-bond acceptors (Lipinski definition) is 1. The van der Waals surface area contributed by atoms with E-state index in [4.69, 9.17) is 5.73 Å². The van der Waals surface area contributed by atoms with Gasteiger partial charge in [0, 0.05) is 6.04 Å². The van der Waals surface area contributed by atoms with Gasteiger partial charge in [-0.1, -0.05) is 50.6 Å². The van der Waals surface area contributed by atoms with Gasteiger partial charge in [-0.2, -0.15) is 0 Å². The molecule has 0 fully saturated rings. The molecule has 1 nitrogen and oxygen atoms in total. The van der Waals surface area contributed by atoms with Gasteiger partial charge in [0.1, 0.15) is 0 Å². The Morgan fingerprint density at radius 1 is 1.23 bits per heavy atom. The van der Waals surface area contributed by atoms with Crippen LogP contribution in [0.2, 0.25) is 0 Å². The van der Waals surface area contributed by atoms with E-state index in [1.165, 1.54) is 5.56 Å². The first-order chi connectivity index (χ1) is 5.75. The second-order valence-electron chi connectivity index (χ2n) is 3.32. The fourth-order valence-electron chi connectivity index (χ4n) is 1.26. The van der Waals surface area contributed by atoms with E-state index in [9.17, 15) is 0 Å². The van der Waals surface area contributed by atoms with Gasteiger partial charge in [0.05, 0.1) is 0 Å². The van der Waals surface area contributed by atoms with E-state index < -0.39 is 0 Å². The lowest BCUT2D eigenvalue weighted by molar-refractivity contribution is 0.457. The normalized spacial score (nSPS) is 14.4. The SMILES string of the molecule is CCC(C)[C@@H](N)c1ccccc1.Cl. The summed E-state index contributed by atoms with van der Waals surface area (Å²) in [6, 6.07) is 10.5. The topological polar surface area (TPSA) is 26.0 Å². The minimum atomic E-state index is 0. The fourth-order valence-corrected chi connectivity index (χ4v) is 1.26. The van der Waals surface area contributed by atoms with Crippen molar-refractivity contribution in [1.29, 1.82) is 0 Å². The summed E-state index contributed by atoms with van der Waals surface area (Å²) in [5.74, 6) is 0.562. The smallest absolute Gasteiger partial charge is 0.0320 e. The van der Waals surface area contributed by atoms with Gasteiger partial charge in [-0.05, 0) is 11.5 Å². The molecule has 1 aromatic rings. The summed E-state index contributed by atoms with van der Waals surface area (Å²) in [7, 11) is 0. The predicted octanol–water partition coefficient (Wildman–Crippen LogP) is 3.15. The number of rotatable bonds is 3. The standard InChI is InChI=1S/C11H17N.ClH/c1-3-9(2)11(12)10-7-5-4-6-8-10;/h4-9,11H,3,12H2,1-2H3;1H/t9?,11-;/m1./s1. The molecule has 0 spiro atoms. The Bertz CT molecular complexity index is 223. The molecule has 0 aliphatic heterocycles. The van der Waals surface area contributed by atoms with Crippen molar-refractivity contribution in [2.24, 2.45) is 11.7 Å². The van der Waals surface area contributed by atoms with Crippen molar-refractivity contribution < 1.29 is 0 Å². The van der Waals surface area contributed by atoms with Crippen LogP contribution < -0.4 is 5.73 Å². The van der Waals surface area contributed by atoms with Gasteiger partial charge in [-0.15, -0.1) is 12.4 Å². The molecule has 0 saturated carbocycles. The highest BCUT2D eigenvalue weighted by Gasteiger charge is 2.11. The van der Waals surface area contributed by atoms with Gasteiger partial charge in [-0.3, -0.25) is 0 Å². The van der Waals surface area contributed by atoms with Crippen molar-refractivity contribution in [2.75, 3.05) is 0 Å². The first-order valence-corrected chi connectivity index (χ1v) is 4.56. The van der Waals surface area contributed by atoms with Crippen LogP contribution in [0.15, 0.2) is 30.3 Å². The highest BCUT2D eigenvalue weighted by atomic mass is 35.5. The summed E-state index contributed by atoms with van der Waals surface area (Å²) in [4.78, 5) is 0. The van der Waals surface area contributed by atoms with E-state index in [0.29, 0.717) is 5.92 Å². The molecular weight excluding hydrogens is 182 g/mol. The Balaban J connectivity index is 0.00000144. The van der Waals surface area contributed by atoms with Gasteiger partial charge < -0.3 is 5.73 Å². The molecule has 0 radical (unpaired) electrons. The molecule has 1 unspecified atom stereocenters. The molecule has 74 valence electrons. The summed E-state index contributed by atoms with van der Waals surface area (Å²) >= 11 is 0. The molecule has 0 aromatic heterocycles. The lowest BCUT2D eigenvalue weighted by Gasteiger charge is -2.18. The fraction of sp³-hybridized carbons (Fsp3) is 0.455. The van der Waals surface area contributed by atoms with Crippen molar-refractivity contribution in [3.05, 3.63) is 35.9 Å². The maximum absolute atomic E-state index is 6.05. The molecule has 2 heteroatoms. The highest BCUT2D eigenvalue weighted by Crippen LogP contribution is 2.20. The predicted molar refractivity (Wildman–Crippen MR) is 60.1 cm³/mol. The second kappa shape index (κ2) is 6.01. The lowest BCUT2D eigenvalue weighted by atomic mass is 9.94. The van der Waals surface area contributed by atoms with Gasteiger partial charge in [0.25, 0.3) is 0 Å². The molecule has 2 atom stereocenters. The average molecular weight is 200 g/mol. The maximum atomic E-state index is 6.05. The Kier molecular flexibility index (Phi) is 5.76. The monoisotopic (exact) mass is 199 g/mol. The summed E-state index contributed by atoms with van der Waals surface area (Å²) in [6.45, 7) is 4.37. The van der Waals surface area contributed by atoms with Crippen molar-refractivity contribution in [1.82, 2.24) is 0 Å². The van der Waals surface area contributed by atoms with Crippen LogP contribution in [0.25, 0.3) is 0 Å². The molecular formula is C11H18ClN. The molecule has 0 aliphatic carbocycles. The zero-order chi connectivity index (χ0) is 8.97. The van der Waals surface area contributed by atoms with Crippen LogP contribution in [-0.4, -0.2) is 0 Å². The Morgan fingerprint density at radius 2 is 1.77 bits per heavy atom. The van der Waals surface area contributed by atoms with Crippen molar-refractivity contribution >= 4 is 12.4 Å². The zero-order valence-electron chi connectivity index (χ0n) is 8.23. The summed E-state index contributed by atoms with van der Waals surface area (Å²) in [5, 5.41) is 0. The Morgan fingerprint density at radius 3 is 2.23 bits per heavy atom. The summed E-state index contributed by atoms with van der Waals surface area (Å²) < 4.78 is 0. The number of nitrogens with two attached hydrogens (primary N) is 1. The second-order valence-corrected chi connectivity index (χ2v) is 3.32. The van der Waals surface area contributed by atoms with Gasteiger partial charge in [0.15, 0.2) is 0 Å². The molecule has 0 bridgehead atoms. The lowest BCUT2D eigenvalue weighted by Crippen LogP contribution is -2.18. The number of halogens is 1. The summed E-state index contributed by atoms with van der Waals surface area (Å²) in [5.41, 5.74) is 7.29. The number of benzene rings is 1. The first kappa shape index (κ1) is 12.5. The third-order valence-electron chi connectivity index (χ3n) is 2.44. The van der Waals surface area contributed by atoms with Crippen LogP contribution in [0.3, 0.4) is 0 Å². The maximum Gasteiger partial charge on any atom is 0.0320 e. The molecule has 0 aliphatic rings. The van der Waals surface area contributed by atoms with E-state index in [1.807, 2.05) is 18.2 Å². The molecule has 1 aromatic carbocycles. The largest absolute Gasteiger partial charge is 0.324 e. The molecule has 2 N–H and O–H groups in total. The van der Waals surface area contributed by atoms with Crippen molar-refractivity contribution in [2.45, 2.75) is 26.3 Å². The van der Waals surface area contributed by atoms with Crippen LogP contribution >= 0.6 is 12.4 Å². The van der Waals surface area contributed by atoms with E-state index in [0.717, 1.165) is 6.42 Å². The Labute approximate surface area is 86.7 Å². The van der Waals surface area contributed by atoms with Gasteiger partial charge >= 0.3 is 0 Å². The van der Waals surface area contributed by atoms with Crippen LogP contribution in [-0.2, 0) is 0 Å². The molecule has 0 heterocycles. The van der Waals surface area contributed by atoms with Crippen LogP contribution in [0.1, 0.15) is 31.9 Å². The molecule has 1 rings (SSSR count). The Hall–Kier alpha value is -0.530. The quantitative estimate of drug-likeness (QED) is 0.796. The molecule has 0 amide bonds. The minimum Gasteiger partial charge on any atom is -0.324 e. The molecule has 13 heavy (non-hydrogen) atoms. The van der Waals surface area contributed by atoms with Gasteiger partial charge in [-0.25, -0.2) is 0 Å². The third kappa shape index (κ3) is 3.37. The zero-order valence-corrected chi connectivity index (χ0v) is 9.05. The van der Waals surface area contributed by atoms with E-state index in [2.05, 4.69) is 26.0 Å². The van der Waals surface area contributed by atoms with E-state index in [1.54, 1.807) is 0 Å². The highest BCUT2D eigenvalue weighted by molar-refractivity contribution is 5.85. The first-order valence-electron chi connectivity index (χ1n) is 4.56. The van der Waals surface area contributed by atoms with E-state index >= 15 is 0 Å². The molecule has 0 saturated heterocycles. The van der Waals surface area contributed by atoms with Crippen LogP contribution in [0.5, 0.6) is 0 Å². The van der Waals surface area contributed by atoms with Crippen LogP contribution in [0.4, 0.5) is 0 Å². The summed E-state index contributed by atoms with van der Waals surface area (Å²) in [6.07, 6.45) is 1.13.